The van der Waals surface area contributed by atoms with Gasteiger partial charge in [-0.25, -0.2) is 9.78 Å². The van der Waals surface area contributed by atoms with Crippen molar-refractivity contribution in [2.24, 2.45) is 0 Å². The molecule has 6 heteroatoms. The lowest BCUT2D eigenvalue weighted by molar-refractivity contribution is -0.141. The number of rotatable bonds is 5. The summed E-state index contributed by atoms with van der Waals surface area (Å²) in [5, 5.41) is 11.4. The van der Waals surface area contributed by atoms with E-state index in [0.717, 1.165) is 5.69 Å². The summed E-state index contributed by atoms with van der Waals surface area (Å²) in [6, 6.07) is -0.707. The highest BCUT2D eigenvalue weighted by Crippen LogP contribution is 2.11. The lowest BCUT2D eigenvalue weighted by Gasteiger charge is -2.16. The van der Waals surface area contributed by atoms with E-state index in [2.05, 4.69) is 10.3 Å². The van der Waals surface area contributed by atoms with Crippen molar-refractivity contribution in [2.45, 2.75) is 39.3 Å². The Morgan fingerprint density at radius 2 is 2.18 bits per heavy atom. The van der Waals surface area contributed by atoms with Gasteiger partial charge in [-0.15, -0.1) is 0 Å². The van der Waals surface area contributed by atoms with Gasteiger partial charge in [-0.05, 0) is 13.8 Å². The van der Waals surface area contributed by atoms with Crippen molar-refractivity contribution in [3.05, 3.63) is 18.2 Å². The van der Waals surface area contributed by atoms with E-state index in [1.54, 1.807) is 12.5 Å². The summed E-state index contributed by atoms with van der Waals surface area (Å²) in [4.78, 5) is 25.9. The molecule has 0 aliphatic carbocycles. The largest absolute Gasteiger partial charge is 0.480 e. The first-order chi connectivity index (χ1) is 7.91. The van der Waals surface area contributed by atoms with Gasteiger partial charge in [0.2, 0.25) is 5.91 Å². The predicted octanol–water partition coefficient (Wildman–Crippen LogP) is 0.596. The van der Waals surface area contributed by atoms with Crippen molar-refractivity contribution in [3.63, 3.8) is 0 Å². The molecule has 1 rings (SSSR count). The minimum absolute atomic E-state index is 0.208. The monoisotopic (exact) mass is 239 g/mol. The Morgan fingerprint density at radius 3 is 2.65 bits per heavy atom. The second-order valence-electron chi connectivity index (χ2n) is 4.18. The van der Waals surface area contributed by atoms with Gasteiger partial charge in [0.1, 0.15) is 6.04 Å². The van der Waals surface area contributed by atoms with Crippen LogP contribution in [0.3, 0.4) is 0 Å². The van der Waals surface area contributed by atoms with E-state index in [0.29, 0.717) is 0 Å². The molecular weight excluding hydrogens is 222 g/mol. The maximum Gasteiger partial charge on any atom is 0.326 e. The van der Waals surface area contributed by atoms with Crippen LogP contribution in [0.25, 0.3) is 0 Å². The van der Waals surface area contributed by atoms with Crippen molar-refractivity contribution >= 4 is 11.9 Å². The Morgan fingerprint density at radius 1 is 1.53 bits per heavy atom. The summed E-state index contributed by atoms with van der Waals surface area (Å²) in [7, 11) is 0. The number of amides is 1. The van der Waals surface area contributed by atoms with Crippen LogP contribution in [0.2, 0.25) is 0 Å². The molecule has 0 saturated carbocycles. The van der Waals surface area contributed by atoms with E-state index in [4.69, 9.17) is 5.11 Å². The molecule has 1 aromatic heterocycles. The summed E-state index contributed by atoms with van der Waals surface area (Å²) in [5.74, 6) is -1.40. The minimum Gasteiger partial charge on any atom is -0.480 e. The number of nitrogens with zero attached hydrogens (tertiary/aromatic N) is 2. The van der Waals surface area contributed by atoms with Crippen LogP contribution in [0.1, 0.15) is 32.5 Å². The molecule has 1 heterocycles. The molecule has 17 heavy (non-hydrogen) atoms. The van der Waals surface area contributed by atoms with Crippen molar-refractivity contribution < 1.29 is 14.7 Å². The fraction of sp³-hybridized carbons (Fsp3) is 0.545. The van der Waals surface area contributed by atoms with E-state index in [-0.39, 0.29) is 18.4 Å². The van der Waals surface area contributed by atoms with Gasteiger partial charge in [0.15, 0.2) is 0 Å². The Kier molecular flexibility index (Phi) is 4.25. The van der Waals surface area contributed by atoms with Crippen LogP contribution in [0.15, 0.2) is 12.5 Å². The van der Waals surface area contributed by atoms with E-state index in [9.17, 15) is 9.59 Å². The Balaban J connectivity index is 2.82. The Labute approximate surface area is 99.7 Å². The van der Waals surface area contributed by atoms with Crippen LogP contribution < -0.4 is 5.32 Å². The number of nitrogens with one attached hydrogen (secondary N) is 1. The number of hydrogen-bond acceptors (Lipinski definition) is 3. The van der Waals surface area contributed by atoms with Gasteiger partial charge < -0.3 is 15.0 Å². The standard InChI is InChI=1S/C11H17N3O3/c1-7(2)14-6-12-5-9(14)4-10(11(16)17)13-8(3)15/h5-7,10H,4H2,1-3H3,(H,13,15)(H,16,17). The number of carboxylic acid groups (broad SMARTS) is 1. The second-order valence-corrected chi connectivity index (χ2v) is 4.18. The third-order valence-corrected chi connectivity index (χ3v) is 2.39. The molecule has 0 aliphatic rings. The lowest BCUT2D eigenvalue weighted by Crippen LogP contribution is -2.41. The van der Waals surface area contributed by atoms with E-state index >= 15 is 0 Å². The fourth-order valence-corrected chi connectivity index (χ4v) is 1.61. The van der Waals surface area contributed by atoms with Crippen molar-refractivity contribution in [1.29, 1.82) is 0 Å². The molecule has 1 atom stereocenters. The first-order valence-electron chi connectivity index (χ1n) is 5.42. The van der Waals surface area contributed by atoms with E-state index in [1.807, 2.05) is 18.4 Å². The van der Waals surface area contributed by atoms with Crippen molar-refractivity contribution in [2.75, 3.05) is 0 Å². The minimum atomic E-state index is -1.04. The number of carboxylic acids is 1. The average Bonchev–Trinajstić information content (AvgIpc) is 2.63. The first-order valence-corrected chi connectivity index (χ1v) is 5.42. The fourth-order valence-electron chi connectivity index (χ4n) is 1.61. The van der Waals surface area contributed by atoms with E-state index in [1.165, 1.54) is 6.92 Å². The number of carbonyl (C=O) groups is 2. The molecule has 1 unspecified atom stereocenters. The van der Waals surface area contributed by atoms with Gasteiger partial charge in [-0.2, -0.15) is 0 Å². The topological polar surface area (TPSA) is 84.2 Å². The highest BCUT2D eigenvalue weighted by Gasteiger charge is 2.21. The van der Waals surface area contributed by atoms with Crippen molar-refractivity contribution in [1.82, 2.24) is 14.9 Å². The highest BCUT2D eigenvalue weighted by molar-refractivity contribution is 5.82. The number of imidazole rings is 1. The highest BCUT2D eigenvalue weighted by atomic mass is 16.4. The first kappa shape index (κ1) is 13.2. The molecule has 0 spiro atoms. The van der Waals surface area contributed by atoms with Crippen LogP contribution in [-0.4, -0.2) is 32.6 Å². The number of hydrogen-bond donors (Lipinski definition) is 2. The van der Waals surface area contributed by atoms with Gasteiger partial charge >= 0.3 is 5.97 Å². The molecule has 1 amide bonds. The van der Waals surface area contributed by atoms with Crippen LogP contribution in [0, 0.1) is 0 Å². The predicted molar refractivity (Wildman–Crippen MR) is 61.6 cm³/mol. The summed E-state index contributed by atoms with van der Waals surface area (Å²) >= 11 is 0. The smallest absolute Gasteiger partial charge is 0.326 e. The molecule has 94 valence electrons. The van der Waals surface area contributed by atoms with Gasteiger partial charge in [-0.1, -0.05) is 0 Å². The van der Waals surface area contributed by atoms with Crippen molar-refractivity contribution in [3.8, 4) is 0 Å². The molecular formula is C11H17N3O3. The maximum atomic E-state index is 11.0. The summed E-state index contributed by atoms with van der Waals surface area (Å²) in [5.41, 5.74) is 0.793. The zero-order valence-corrected chi connectivity index (χ0v) is 10.2. The molecule has 0 aliphatic heterocycles. The Hall–Kier alpha value is -1.85. The normalized spacial score (nSPS) is 12.5. The van der Waals surface area contributed by atoms with Crippen LogP contribution in [0.5, 0.6) is 0 Å². The molecule has 0 bridgehead atoms. The third-order valence-electron chi connectivity index (χ3n) is 2.39. The maximum absolute atomic E-state index is 11.0. The van der Waals surface area contributed by atoms with Gasteiger partial charge in [-0.3, -0.25) is 4.79 Å². The van der Waals surface area contributed by atoms with Crippen LogP contribution in [-0.2, 0) is 16.0 Å². The van der Waals surface area contributed by atoms with Gasteiger partial charge in [0, 0.05) is 31.3 Å². The van der Waals surface area contributed by atoms with Crippen LogP contribution >= 0.6 is 0 Å². The summed E-state index contributed by atoms with van der Waals surface area (Å²) < 4.78 is 1.89. The SMILES string of the molecule is CC(=O)NC(Cc1cncn1C(C)C)C(=O)O. The zero-order valence-electron chi connectivity index (χ0n) is 10.2. The molecule has 0 radical (unpaired) electrons. The number of aromatic nitrogens is 2. The summed E-state index contributed by atoms with van der Waals surface area (Å²) in [6.07, 6.45) is 3.51. The average molecular weight is 239 g/mol. The van der Waals surface area contributed by atoms with Crippen LogP contribution in [0.4, 0.5) is 0 Å². The quantitative estimate of drug-likeness (QED) is 0.787. The third kappa shape index (κ3) is 3.58. The molecule has 6 nitrogen and oxygen atoms in total. The van der Waals surface area contributed by atoms with Gasteiger partial charge in [0.25, 0.3) is 0 Å². The number of aliphatic carboxylic acids is 1. The molecule has 0 saturated heterocycles. The number of carbonyl (C=O) groups excluding carboxylic acids is 1. The molecule has 2 N–H and O–H groups in total. The molecule has 0 aromatic carbocycles. The molecule has 0 fully saturated rings. The van der Waals surface area contributed by atoms with E-state index < -0.39 is 12.0 Å². The van der Waals surface area contributed by atoms with Gasteiger partial charge in [0.05, 0.1) is 6.33 Å². The molecule has 1 aromatic rings. The lowest BCUT2D eigenvalue weighted by atomic mass is 10.1. The second kappa shape index (κ2) is 5.47. The zero-order chi connectivity index (χ0) is 13.0. The Bertz CT molecular complexity index is 412. The summed E-state index contributed by atoms with van der Waals surface area (Å²) in [6.45, 7) is 5.27.